The second kappa shape index (κ2) is 10.4. The molecule has 11 heteroatoms. The average Bonchev–Trinajstić information content (AvgIpc) is 3.21. The third kappa shape index (κ3) is 5.14. The van der Waals surface area contributed by atoms with Crippen molar-refractivity contribution in [2.45, 2.75) is 62.4 Å². The molecule has 0 spiro atoms. The summed E-state index contributed by atoms with van der Waals surface area (Å²) in [6.07, 6.45) is 6.16. The van der Waals surface area contributed by atoms with Gasteiger partial charge in [-0.25, -0.2) is 27.5 Å². The predicted molar refractivity (Wildman–Crippen MR) is 143 cm³/mol. The van der Waals surface area contributed by atoms with E-state index in [4.69, 9.17) is 0 Å². The molecule has 1 aliphatic carbocycles. The number of carbonyl (C=O) groups excluding carboxylic acids is 1. The van der Waals surface area contributed by atoms with Crippen LogP contribution in [-0.2, 0) is 0 Å². The van der Waals surface area contributed by atoms with Gasteiger partial charge < -0.3 is 15.1 Å². The molecule has 2 aromatic heterocycles. The number of likely N-dealkylation sites (tertiary alicyclic amines) is 1. The van der Waals surface area contributed by atoms with Gasteiger partial charge in [-0.1, -0.05) is 0 Å². The maximum absolute atomic E-state index is 14.9. The molecule has 40 heavy (non-hydrogen) atoms. The summed E-state index contributed by atoms with van der Waals surface area (Å²) in [4.78, 5) is 31.4. The number of hydrogen-bond donors (Lipinski definition) is 1. The number of nitrogens with zero attached hydrogens (tertiary/aromatic N) is 5. The number of pyridine rings is 1. The number of likely N-dealkylation sites (N-methyl/N-ethyl adjacent to an activating group) is 1. The summed E-state index contributed by atoms with van der Waals surface area (Å²) >= 11 is 0. The van der Waals surface area contributed by atoms with Crippen molar-refractivity contribution >= 4 is 17.5 Å². The molecule has 3 aliphatic rings. The molecule has 6 rings (SSSR count). The lowest BCUT2D eigenvalue weighted by Crippen LogP contribution is -2.53. The van der Waals surface area contributed by atoms with Crippen molar-refractivity contribution < 1.29 is 22.4 Å². The smallest absolute Gasteiger partial charge is 0.258 e. The number of fused-ring (bicyclic) bond motifs is 2. The maximum Gasteiger partial charge on any atom is 0.258 e. The van der Waals surface area contributed by atoms with Crippen LogP contribution in [0.2, 0.25) is 0 Å². The summed E-state index contributed by atoms with van der Waals surface area (Å²) < 4.78 is 56.8. The summed E-state index contributed by atoms with van der Waals surface area (Å²) in [7, 11) is 2.10. The van der Waals surface area contributed by atoms with Gasteiger partial charge in [0.2, 0.25) is 11.9 Å². The van der Waals surface area contributed by atoms with Crippen molar-refractivity contribution in [1.29, 1.82) is 0 Å². The molecule has 1 amide bonds. The Kier molecular flexibility index (Phi) is 6.93. The number of alkyl halides is 2. The Bertz CT molecular complexity index is 1390. The van der Waals surface area contributed by atoms with Crippen LogP contribution < -0.4 is 10.2 Å². The number of rotatable bonds is 5. The van der Waals surface area contributed by atoms with Crippen molar-refractivity contribution in [1.82, 2.24) is 19.9 Å². The number of hydrogen-bond acceptors (Lipinski definition) is 6. The van der Waals surface area contributed by atoms with Gasteiger partial charge in [0, 0.05) is 73.7 Å². The molecule has 2 aliphatic heterocycles. The molecule has 1 N–H and O–H groups in total. The zero-order valence-electron chi connectivity index (χ0n) is 22.1. The van der Waals surface area contributed by atoms with E-state index in [1.165, 1.54) is 24.7 Å². The van der Waals surface area contributed by atoms with Crippen LogP contribution in [0, 0.1) is 11.6 Å². The van der Waals surface area contributed by atoms with Crippen LogP contribution in [0.4, 0.5) is 29.2 Å². The van der Waals surface area contributed by atoms with E-state index in [-0.39, 0.29) is 54.0 Å². The van der Waals surface area contributed by atoms with Gasteiger partial charge >= 0.3 is 0 Å². The Labute approximate surface area is 229 Å². The number of aromatic nitrogens is 3. The van der Waals surface area contributed by atoms with Crippen LogP contribution in [0.1, 0.15) is 60.5 Å². The second-order valence-corrected chi connectivity index (χ2v) is 11.1. The molecule has 1 saturated carbocycles. The highest BCUT2D eigenvalue weighted by molar-refractivity contribution is 6.06. The molecule has 2 unspecified atom stereocenters. The zero-order chi connectivity index (χ0) is 28.0. The van der Waals surface area contributed by atoms with E-state index in [1.807, 2.05) is 0 Å². The van der Waals surface area contributed by atoms with E-state index < -0.39 is 23.5 Å². The topological polar surface area (TPSA) is 74.2 Å². The van der Waals surface area contributed by atoms with Crippen LogP contribution >= 0.6 is 0 Å². The van der Waals surface area contributed by atoms with Gasteiger partial charge in [-0.3, -0.25) is 9.78 Å². The molecule has 2 atom stereocenters. The molecule has 4 heterocycles. The van der Waals surface area contributed by atoms with Gasteiger partial charge in [0.05, 0.1) is 16.9 Å². The Morgan fingerprint density at radius 2 is 1.62 bits per heavy atom. The molecular formula is C29H30F4N6O. The van der Waals surface area contributed by atoms with E-state index in [0.29, 0.717) is 23.7 Å². The molecule has 1 aromatic carbocycles. The molecule has 3 fully saturated rings. The fraction of sp³-hybridized carbons (Fsp3) is 0.448. The first-order valence-corrected chi connectivity index (χ1v) is 13.6. The van der Waals surface area contributed by atoms with Crippen molar-refractivity contribution in [3.63, 3.8) is 0 Å². The first-order chi connectivity index (χ1) is 19.2. The highest BCUT2D eigenvalue weighted by Crippen LogP contribution is 2.44. The normalized spacial score (nSPS) is 22.9. The molecule has 2 saturated heterocycles. The lowest BCUT2D eigenvalue weighted by molar-refractivity contribution is -0.0384. The highest BCUT2D eigenvalue weighted by atomic mass is 19.3. The Hall–Kier alpha value is -3.60. The molecule has 0 radical (unpaired) electrons. The van der Waals surface area contributed by atoms with Crippen molar-refractivity contribution in [2.24, 2.45) is 0 Å². The van der Waals surface area contributed by atoms with Gasteiger partial charge in [0.25, 0.3) is 5.91 Å². The first kappa shape index (κ1) is 26.6. The Morgan fingerprint density at radius 3 is 2.30 bits per heavy atom. The van der Waals surface area contributed by atoms with Crippen LogP contribution in [0.25, 0.3) is 11.1 Å². The van der Waals surface area contributed by atoms with Gasteiger partial charge in [0.1, 0.15) is 11.6 Å². The maximum atomic E-state index is 14.9. The summed E-state index contributed by atoms with van der Waals surface area (Å²) in [5.41, 5.74) is 0.891. The number of halogens is 4. The monoisotopic (exact) mass is 554 g/mol. The van der Waals surface area contributed by atoms with E-state index in [0.717, 1.165) is 44.1 Å². The van der Waals surface area contributed by atoms with Crippen LogP contribution in [0.5, 0.6) is 0 Å². The minimum absolute atomic E-state index is 0.0581. The summed E-state index contributed by atoms with van der Waals surface area (Å²) in [6.45, 7) is 1.86. The predicted octanol–water partition coefficient (Wildman–Crippen LogP) is 5.64. The molecule has 2 bridgehead atoms. The van der Waals surface area contributed by atoms with E-state index in [2.05, 4.69) is 37.1 Å². The van der Waals surface area contributed by atoms with Crippen LogP contribution in [0.15, 0.2) is 42.9 Å². The quantitative estimate of drug-likeness (QED) is 0.412. The fourth-order valence-electron chi connectivity index (χ4n) is 6.36. The number of piperazine rings is 1. The van der Waals surface area contributed by atoms with E-state index >= 15 is 0 Å². The lowest BCUT2D eigenvalue weighted by atomic mass is 9.83. The number of anilines is 2. The van der Waals surface area contributed by atoms with Crippen LogP contribution in [-0.4, -0.2) is 63.9 Å². The van der Waals surface area contributed by atoms with Gasteiger partial charge in [-0.15, -0.1) is 0 Å². The van der Waals surface area contributed by atoms with Gasteiger partial charge in [-0.2, -0.15) is 0 Å². The summed E-state index contributed by atoms with van der Waals surface area (Å²) in [5.74, 6) is -4.44. The van der Waals surface area contributed by atoms with Gasteiger partial charge in [-0.05, 0) is 57.0 Å². The van der Waals surface area contributed by atoms with E-state index in [1.54, 1.807) is 0 Å². The van der Waals surface area contributed by atoms with Crippen molar-refractivity contribution in [3.8, 4) is 11.1 Å². The zero-order valence-corrected chi connectivity index (χ0v) is 22.1. The van der Waals surface area contributed by atoms with Crippen LogP contribution in [0.3, 0.4) is 0 Å². The summed E-state index contributed by atoms with van der Waals surface area (Å²) in [6, 6.07) is 5.20. The number of amides is 1. The molecular weight excluding hydrogens is 524 g/mol. The SMILES string of the molecule is CN1CC2CCC(C1)N2c1ncc(C(=O)Nc2c(-c3cc(F)ccc3F)ccnc2C2CCC(F)(F)CC2)cn1. The van der Waals surface area contributed by atoms with E-state index in [9.17, 15) is 22.4 Å². The van der Waals surface area contributed by atoms with Gasteiger partial charge in [0.15, 0.2) is 0 Å². The number of benzene rings is 1. The number of carbonyl (C=O) groups is 1. The second-order valence-electron chi connectivity index (χ2n) is 11.1. The average molecular weight is 555 g/mol. The Balaban J connectivity index is 1.31. The summed E-state index contributed by atoms with van der Waals surface area (Å²) in [5, 5.41) is 2.82. The Morgan fingerprint density at radius 1 is 0.950 bits per heavy atom. The fourth-order valence-corrected chi connectivity index (χ4v) is 6.36. The largest absolute Gasteiger partial charge is 0.332 e. The minimum Gasteiger partial charge on any atom is -0.332 e. The standard InChI is InChI=1S/C29H30F4N6O/c1-38-15-20-3-4-21(16-38)39(20)28-35-13-18(14-36-28)27(40)37-26-22(23-12-19(30)2-5-24(23)31)8-11-34-25(26)17-6-9-29(32,33)10-7-17/h2,5,8,11-14,17,20-21H,3-4,6-7,9-10,15-16H2,1H3,(H,37,40). The lowest BCUT2D eigenvalue weighted by Gasteiger charge is -2.39. The molecule has 210 valence electrons. The molecule has 7 nitrogen and oxygen atoms in total. The third-order valence-corrected chi connectivity index (χ3v) is 8.34. The number of nitrogens with one attached hydrogen (secondary N) is 1. The molecule has 3 aromatic rings. The third-order valence-electron chi connectivity index (χ3n) is 8.34. The van der Waals surface area contributed by atoms with Crippen molar-refractivity contribution in [2.75, 3.05) is 30.4 Å². The minimum atomic E-state index is -2.76. The highest BCUT2D eigenvalue weighted by Gasteiger charge is 2.40. The first-order valence-electron chi connectivity index (χ1n) is 13.6. The van der Waals surface area contributed by atoms with Crippen molar-refractivity contribution in [3.05, 3.63) is 65.7 Å².